The summed E-state index contributed by atoms with van der Waals surface area (Å²) in [4.78, 5) is 6.18. The van der Waals surface area contributed by atoms with Crippen molar-refractivity contribution >= 4 is 17.0 Å². The van der Waals surface area contributed by atoms with Gasteiger partial charge in [-0.2, -0.15) is 5.26 Å². The van der Waals surface area contributed by atoms with Crippen LogP contribution in [0.15, 0.2) is 47.1 Å². The van der Waals surface area contributed by atoms with E-state index in [1.807, 2.05) is 43.3 Å². The Morgan fingerprint density at radius 2 is 2.05 bits per heavy atom. The third-order valence-electron chi connectivity index (χ3n) is 3.04. The molecule has 2 aromatic heterocycles. The molecule has 0 aliphatic heterocycles. The van der Waals surface area contributed by atoms with Crippen molar-refractivity contribution in [2.24, 2.45) is 0 Å². The number of hydrogen-bond donors (Lipinski definition) is 1. The normalized spacial score (nSPS) is 10.3. The summed E-state index contributed by atoms with van der Waals surface area (Å²) in [5.74, 6) is 0.665. The van der Waals surface area contributed by atoms with Gasteiger partial charge in [0.1, 0.15) is 22.9 Å². The summed E-state index contributed by atoms with van der Waals surface area (Å²) in [6.45, 7) is 2.55. The number of benzene rings is 1. The Morgan fingerprint density at radius 1 is 1.24 bits per heavy atom. The van der Waals surface area contributed by atoms with Gasteiger partial charge in [0, 0.05) is 29.6 Å². The topological polar surface area (TPSA) is 61.9 Å². The fraction of sp³-hybridized carbons (Fsp3) is 0.125. The molecule has 0 atom stereocenters. The maximum absolute atomic E-state index is 8.80. The van der Waals surface area contributed by atoms with Crippen molar-refractivity contribution in [3.8, 4) is 17.3 Å². The Balaban J connectivity index is 1.66. The Morgan fingerprint density at radius 3 is 2.67 bits per heavy atom. The largest absolute Gasteiger partial charge is 0.449 e. The molecule has 0 fully saturated rings. The van der Waals surface area contributed by atoms with Crippen LogP contribution in [-0.4, -0.2) is 4.98 Å². The van der Waals surface area contributed by atoms with Gasteiger partial charge >= 0.3 is 0 Å². The number of aromatic nitrogens is 1. The monoisotopic (exact) mass is 295 g/mol. The summed E-state index contributed by atoms with van der Waals surface area (Å²) in [6, 6.07) is 14.0. The van der Waals surface area contributed by atoms with Gasteiger partial charge in [-0.05, 0) is 24.3 Å². The molecule has 21 heavy (non-hydrogen) atoms. The molecule has 0 unspecified atom stereocenters. The first kappa shape index (κ1) is 13.4. The highest BCUT2D eigenvalue weighted by Crippen LogP contribution is 2.22. The molecule has 0 amide bonds. The zero-order valence-corrected chi connectivity index (χ0v) is 12.3. The number of oxazole rings is 1. The van der Waals surface area contributed by atoms with E-state index in [0.29, 0.717) is 5.89 Å². The number of hydrogen-bond acceptors (Lipinski definition) is 5. The first-order valence-electron chi connectivity index (χ1n) is 6.50. The minimum atomic E-state index is 0.665. The van der Waals surface area contributed by atoms with Gasteiger partial charge in [-0.15, -0.1) is 11.3 Å². The minimum absolute atomic E-state index is 0.665. The lowest BCUT2D eigenvalue weighted by molar-refractivity contribution is 0.521. The molecule has 5 heteroatoms. The number of nitrogens with zero attached hydrogens (tertiary/aromatic N) is 2. The van der Waals surface area contributed by atoms with Gasteiger partial charge in [-0.3, -0.25) is 0 Å². The van der Waals surface area contributed by atoms with E-state index in [1.54, 1.807) is 6.26 Å². The molecule has 0 saturated heterocycles. The lowest BCUT2D eigenvalue weighted by atomic mass is 10.1. The number of rotatable bonds is 4. The van der Waals surface area contributed by atoms with Crippen LogP contribution in [0.25, 0.3) is 11.3 Å². The van der Waals surface area contributed by atoms with Crippen LogP contribution in [-0.2, 0) is 6.54 Å². The van der Waals surface area contributed by atoms with Gasteiger partial charge in [0.25, 0.3) is 0 Å². The van der Waals surface area contributed by atoms with Crippen LogP contribution in [0.4, 0.5) is 5.69 Å². The van der Waals surface area contributed by atoms with Crippen molar-refractivity contribution in [3.63, 3.8) is 0 Å². The third kappa shape index (κ3) is 3.12. The molecule has 0 bridgehead atoms. The van der Waals surface area contributed by atoms with Crippen LogP contribution in [0, 0.1) is 18.3 Å². The van der Waals surface area contributed by atoms with Gasteiger partial charge in [0.05, 0.1) is 0 Å². The standard InChI is InChI=1S/C16H13N3OS/c1-11-19-16(10-20-11)12-2-4-13(5-3-12)18-9-15-7-6-14(8-17)21-15/h2-7,10,18H,9H2,1H3. The number of anilines is 1. The molecule has 0 aliphatic carbocycles. The van der Waals surface area contributed by atoms with E-state index in [-0.39, 0.29) is 0 Å². The van der Waals surface area contributed by atoms with Crippen molar-refractivity contribution in [3.05, 3.63) is 58.3 Å². The quantitative estimate of drug-likeness (QED) is 0.783. The van der Waals surface area contributed by atoms with E-state index < -0.39 is 0 Å². The molecule has 0 aliphatic rings. The first-order chi connectivity index (χ1) is 10.2. The Labute approximate surface area is 126 Å². The van der Waals surface area contributed by atoms with Crippen molar-refractivity contribution < 1.29 is 4.42 Å². The van der Waals surface area contributed by atoms with Gasteiger partial charge in [0.2, 0.25) is 0 Å². The molecule has 1 N–H and O–H groups in total. The maximum Gasteiger partial charge on any atom is 0.191 e. The molecule has 0 saturated carbocycles. The zero-order chi connectivity index (χ0) is 14.7. The Bertz CT molecular complexity index is 780. The van der Waals surface area contributed by atoms with E-state index in [1.165, 1.54) is 11.3 Å². The van der Waals surface area contributed by atoms with Crippen molar-refractivity contribution in [2.75, 3.05) is 5.32 Å². The lowest BCUT2D eigenvalue weighted by Crippen LogP contribution is -1.96. The third-order valence-corrected chi connectivity index (χ3v) is 4.03. The fourth-order valence-electron chi connectivity index (χ4n) is 1.98. The van der Waals surface area contributed by atoms with Gasteiger partial charge in [-0.1, -0.05) is 12.1 Å². The summed E-state index contributed by atoms with van der Waals surface area (Å²) in [5, 5.41) is 12.1. The average molecular weight is 295 g/mol. The SMILES string of the molecule is Cc1nc(-c2ccc(NCc3ccc(C#N)s3)cc2)co1. The van der Waals surface area contributed by atoms with Crippen LogP contribution >= 0.6 is 11.3 Å². The molecule has 4 nitrogen and oxygen atoms in total. The molecular weight excluding hydrogens is 282 g/mol. The van der Waals surface area contributed by atoms with Crippen LogP contribution < -0.4 is 5.32 Å². The molecule has 2 heterocycles. The second-order valence-electron chi connectivity index (χ2n) is 4.56. The van der Waals surface area contributed by atoms with Crippen LogP contribution in [0.2, 0.25) is 0 Å². The Hall–Kier alpha value is -2.58. The van der Waals surface area contributed by atoms with E-state index >= 15 is 0 Å². The second-order valence-corrected chi connectivity index (χ2v) is 5.73. The Kier molecular flexibility index (Phi) is 3.71. The molecule has 0 spiro atoms. The summed E-state index contributed by atoms with van der Waals surface area (Å²) in [5.41, 5.74) is 2.90. The molecule has 104 valence electrons. The smallest absolute Gasteiger partial charge is 0.191 e. The molecule has 3 rings (SSSR count). The van der Waals surface area contributed by atoms with E-state index in [9.17, 15) is 0 Å². The van der Waals surface area contributed by atoms with Gasteiger partial charge in [-0.25, -0.2) is 4.98 Å². The summed E-state index contributed by atoms with van der Waals surface area (Å²) in [7, 11) is 0. The molecular formula is C16H13N3OS. The summed E-state index contributed by atoms with van der Waals surface area (Å²) in [6.07, 6.45) is 1.66. The zero-order valence-electron chi connectivity index (χ0n) is 11.5. The van der Waals surface area contributed by atoms with Crippen LogP contribution in [0.3, 0.4) is 0 Å². The average Bonchev–Trinajstić information content (AvgIpc) is 3.14. The summed E-state index contributed by atoms with van der Waals surface area (Å²) >= 11 is 1.51. The first-order valence-corrected chi connectivity index (χ1v) is 7.31. The van der Waals surface area contributed by atoms with Crippen LogP contribution in [0.5, 0.6) is 0 Å². The van der Waals surface area contributed by atoms with E-state index in [0.717, 1.165) is 33.2 Å². The molecule has 0 radical (unpaired) electrons. The fourth-order valence-corrected chi connectivity index (χ4v) is 2.72. The number of nitriles is 1. The van der Waals surface area contributed by atoms with Crippen LogP contribution in [0.1, 0.15) is 15.6 Å². The van der Waals surface area contributed by atoms with Crippen molar-refractivity contribution in [1.82, 2.24) is 4.98 Å². The highest BCUT2D eigenvalue weighted by molar-refractivity contribution is 7.12. The second kappa shape index (κ2) is 5.81. The minimum Gasteiger partial charge on any atom is -0.449 e. The van der Waals surface area contributed by atoms with Crippen molar-refractivity contribution in [1.29, 1.82) is 5.26 Å². The predicted octanol–water partition coefficient (Wildman–Crippen LogP) is 4.20. The number of aryl methyl sites for hydroxylation is 1. The van der Waals surface area contributed by atoms with Gasteiger partial charge < -0.3 is 9.73 Å². The van der Waals surface area contributed by atoms with Crippen molar-refractivity contribution in [2.45, 2.75) is 13.5 Å². The highest BCUT2D eigenvalue weighted by Gasteiger charge is 2.03. The number of nitrogens with one attached hydrogen (secondary N) is 1. The summed E-state index contributed by atoms with van der Waals surface area (Å²) < 4.78 is 5.22. The maximum atomic E-state index is 8.80. The molecule has 1 aromatic carbocycles. The lowest BCUT2D eigenvalue weighted by Gasteiger charge is -2.05. The predicted molar refractivity (Wildman–Crippen MR) is 83.0 cm³/mol. The van der Waals surface area contributed by atoms with Gasteiger partial charge in [0.15, 0.2) is 5.89 Å². The van der Waals surface area contributed by atoms with E-state index in [2.05, 4.69) is 16.4 Å². The number of thiophene rings is 1. The highest BCUT2D eigenvalue weighted by atomic mass is 32.1. The molecule has 3 aromatic rings. The van der Waals surface area contributed by atoms with E-state index in [4.69, 9.17) is 9.68 Å².